The van der Waals surface area contributed by atoms with Crippen LogP contribution in [0.3, 0.4) is 0 Å². The molecule has 1 aromatic carbocycles. The zero-order chi connectivity index (χ0) is 13.2. The van der Waals surface area contributed by atoms with E-state index in [2.05, 4.69) is 0 Å². The molecule has 0 aromatic heterocycles. The lowest BCUT2D eigenvalue weighted by Crippen LogP contribution is -2.30. The van der Waals surface area contributed by atoms with Crippen LogP contribution in [0.4, 0.5) is 0 Å². The number of carbonyl (C=O) groups is 1. The van der Waals surface area contributed by atoms with Gasteiger partial charge in [-0.2, -0.15) is 0 Å². The molecule has 94 valence electrons. The number of hydrogen-bond donors (Lipinski definition) is 1. The van der Waals surface area contributed by atoms with Crippen molar-refractivity contribution in [1.29, 1.82) is 0 Å². The van der Waals surface area contributed by atoms with Crippen LogP contribution in [0.25, 0.3) is 0 Å². The maximum Gasteiger partial charge on any atom is 0.339 e. The van der Waals surface area contributed by atoms with Gasteiger partial charge in [-0.15, -0.1) is 0 Å². The molecule has 1 rings (SSSR count). The van der Waals surface area contributed by atoms with E-state index in [1.54, 1.807) is 12.1 Å². The molecule has 0 saturated heterocycles. The summed E-state index contributed by atoms with van der Waals surface area (Å²) in [6.07, 6.45) is 0. The standard InChI is InChI=1S/C13H20O3Si/c1-9(2)10-6-7-12(16-17(3,4)5)11(8-10)13(14)15/h6-9H,1-5H3,(H,14,15). The van der Waals surface area contributed by atoms with Crippen molar-refractivity contribution in [3.05, 3.63) is 29.3 Å². The molecule has 0 radical (unpaired) electrons. The van der Waals surface area contributed by atoms with E-state index in [0.717, 1.165) is 5.56 Å². The Labute approximate surface area is 104 Å². The first-order valence-corrected chi connectivity index (χ1v) is 9.18. The fraction of sp³-hybridized carbons (Fsp3) is 0.462. The monoisotopic (exact) mass is 252 g/mol. The first kappa shape index (κ1) is 13.8. The Morgan fingerprint density at radius 3 is 2.29 bits per heavy atom. The Kier molecular flexibility index (Phi) is 3.98. The van der Waals surface area contributed by atoms with Gasteiger partial charge in [-0.05, 0) is 43.3 Å². The fourth-order valence-corrected chi connectivity index (χ4v) is 2.33. The van der Waals surface area contributed by atoms with Crippen LogP contribution in [-0.2, 0) is 0 Å². The van der Waals surface area contributed by atoms with Gasteiger partial charge in [0.2, 0.25) is 8.32 Å². The van der Waals surface area contributed by atoms with Crippen molar-refractivity contribution in [1.82, 2.24) is 0 Å². The fourth-order valence-electron chi connectivity index (χ4n) is 1.49. The van der Waals surface area contributed by atoms with Crippen LogP contribution < -0.4 is 4.43 Å². The highest BCUT2D eigenvalue weighted by molar-refractivity contribution is 6.70. The van der Waals surface area contributed by atoms with Crippen LogP contribution in [0.2, 0.25) is 19.6 Å². The normalized spacial score (nSPS) is 11.6. The van der Waals surface area contributed by atoms with E-state index in [0.29, 0.717) is 11.7 Å². The summed E-state index contributed by atoms with van der Waals surface area (Å²) in [5.41, 5.74) is 1.28. The van der Waals surface area contributed by atoms with Gasteiger partial charge in [-0.3, -0.25) is 0 Å². The third-order valence-corrected chi connectivity index (χ3v) is 3.15. The van der Waals surface area contributed by atoms with Gasteiger partial charge in [0.05, 0.1) is 0 Å². The SMILES string of the molecule is CC(C)c1ccc(O[Si](C)(C)C)c(C(=O)O)c1. The Morgan fingerprint density at radius 1 is 1.29 bits per heavy atom. The third kappa shape index (κ3) is 3.89. The number of rotatable bonds is 4. The maximum absolute atomic E-state index is 11.2. The number of aromatic carboxylic acids is 1. The highest BCUT2D eigenvalue weighted by Gasteiger charge is 2.21. The molecule has 0 spiro atoms. The molecule has 0 aliphatic rings. The van der Waals surface area contributed by atoms with E-state index in [4.69, 9.17) is 4.43 Å². The zero-order valence-electron chi connectivity index (χ0n) is 11.1. The van der Waals surface area contributed by atoms with Crippen LogP contribution in [0.1, 0.15) is 35.7 Å². The quantitative estimate of drug-likeness (QED) is 0.831. The van der Waals surface area contributed by atoms with Crippen LogP contribution >= 0.6 is 0 Å². The van der Waals surface area contributed by atoms with Gasteiger partial charge in [-0.25, -0.2) is 4.79 Å². The van der Waals surface area contributed by atoms with E-state index >= 15 is 0 Å². The summed E-state index contributed by atoms with van der Waals surface area (Å²) >= 11 is 0. The van der Waals surface area contributed by atoms with Gasteiger partial charge in [-0.1, -0.05) is 19.9 Å². The summed E-state index contributed by atoms with van der Waals surface area (Å²) in [4.78, 5) is 11.2. The van der Waals surface area contributed by atoms with Crippen LogP contribution in [-0.4, -0.2) is 19.4 Å². The Bertz CT molecular complexity index is 419. The lowest BCUT2D eigenvalue weighted by Gasteiger charge is -2.21. The van der Waals surface area contributed by atoms with Crippen molar-refractivity contribution in [2.24, 2.45) is 0 Å². The Balaban J connectivity index is 3.18. The Morgan fingerprint density at radius 2 is 1.88 bits per heavy atom. The molecule has 0 heterocycles. The molecule has 4 heteroatoms. The van der Waals surface area contributed by atoms with Crippen molar-refractivity contribution in [3.63, 3.8) is 0 Å². The maximum atomic E-state index is 11.2. The van der Waals surface area contributed by atoms with Gasteiger partial charge in [0.1, 0.15) is 11.3 Å². The van der Waals surface area contributed by atoms with Gasteiger partial charge in [0.25, 0.3) is 0 Å². The summed E-state index contributed by atoms with van der Waals surface area (Å²) in [7, 11) is -1.78. The minimum absolute atomic E-state index is 0.263. The lowest BCUT2D eigenvalue weighted by molar-refractivity contribution is 0.0694. The molecular formula is C13H20O3Si. The van der Waals surface area contributed by atoms with Crippen molar-refractivity contribution >= 4 is 14.3 Å². The lowest BCUT2D eigenvalue weighted by atomic mass is 10.0. The van der Waals surface area contributed by atoms with E-state index < -0.39 is 14.3 Å². The summed E-state index contributed by atoms with van der Waals surface area (Å²) in [6, 6.07) is 5.42. The molecule has 17 heavy (non-hydrogen) atoms. The second kappa shape index (κ2) is 4.92. The van der Waals surface area contributed by atoms with Crippen molar-refractivity contribution < 1.29 is 14.3 Å². The van der Waals surface area contributed by atoms with E-state index in [-0.39, 0.29) is 5.56 Å². The van der Waals surface area contributed by atoms with E-state index in [1.807, 2.05) is 39.6 Å². The van der Waals surface area contributed by atoms with Crippen molar-refractivity contribution in [2.45, 2.75) is 39.4 Å². The van der Waals surface area contributed by atoms with Crippen LogP contribution in [0.15, 0.2) is 18.2 Å². The van der Waals surface area contributed by atoms with Crippen LogP contribution in [0, 0.1) is 0 Å². The molecule has 0 saturated carbocycles. The third-order valence-electron chi connectivity index (χ3n) is 2.32. The molecule has 0 bridgehead atoms. The minimum atomic E-state index is -1.78. The van der Waals surface area contributed by atoms with E-state index in [9.17, 15) is 9.90 Å². The average Bonchev–Trinajstić information content (AvgIpc) is 2.14. The largest absolute Gasteiger partial charge is 0.544 e. The average molecular weight is 252 g/mol. The molecule has 1 N–H and O–H groups in total. The summed E-state index contributed by atoms with van der Waals surface area (Å²) < 4.78 is 5.79. The predicted molar refractivity (Wildman–Crippen MR) is 71.5 cm³/mol. The summed E-state index contributed by atoms with van der Waals surface area (Å²) in [5.74, 6) is -0.129. The second-order valence-electron chi connectivity index (χ2n) is 5.43. The number of hydrogen-bond acceptors (Lipinski definition) is 2. The number of benzene rings is 1. The molecule has 1 aromatic rings. The number of carboxylic acid groups (broad SMARTS) is 1. The van der Waals surface area contributed by atoms with Gasteiger partial charge >= 0.3 is 5.97 Å². The predicted octanol–water partition coefficient (Wildman–Crippen LogP) is 3.72. The first-order chi connectivity index (χ1) is 7.70. The van der Waals surface area contributed by atoms with Crippen molar-refractivity contribution in [2.75, 3.05) is 0 Å². The molecule has 3 nitrogen and oxygen atoms in total. The smallest absolute Gasteiger partial charge is 0.339 e. The zero-order valence-corrected chi connectivity index (χ0v) is 12.1. The molecule has 0 aliphatic carbocycles. The summed E-state index contributed by atoms with van der Waals surface area (Å²) in [5, 5.41) is 9.20. The minimum Gasteiger partial charge on any atom is -0.544 e. The molecule has 0 atom stereocenters. The van der Waals surface area contributed by atoms with Gasteiger partial charge in [0, 0.05) is 0 Å². The Hall–Kier alpha value is -1.29. The molecule has 0 amide bonds. The first-order valence-electron chi connectivity index (χ1n) is 5.77. The molecular weight excluding hydrogens is 232 g/mol. The van der Waals surface area contributed by atoms with Gasteiger partial charge < -0.3 is 9.53 Å². The molecule has 0 unspecified atom stereocenters. The van der Waals surface area contributed by atoms with Crippen LogP contribution in [0.5, 0.6) is 5.75 Å². The molecule has 0 fully saturated rings. The second-order valence-corrected chi connectivity index (χ2v) is 9.86. The van der Waals surface area contributed by atoms with E-state index in [1.165, 1.54) is 0 Å². The van der Waals surface area contributed by atoms with Gasteiger partial charge in [0.15, 0.2) is 0 Å². The topological polar surface area (TPSA) is 46.5 Å². The molecule has 0 aliphatic heterocycles. The number of carboxylic acids is 1. The summed E-state index contributed by atoms with van der Waals surface area (Å²) in [6.45, 7) is 10.2. The highest BCUT2D eigenvalue weighted by Crippen LogP contribution is 2.26. The highest BCUT2D eigenvalue weighted by atomic mass is 28.4. The van der Waals surface area contributed by atoms with Crippen molar-refractivity contribution in [3.8, 4) is 5.75 Å².